The lowest BCUT2D eigenvalue weighted by Crippen LogP contribution is -2.34. The van der Waals surface area contributed by atoms with E-state index in [2.05, 4.69) is 5.32 Å². The van der Waals surface area contributed by atoms with Crippen molar-refractivity contribution in [3.63, 3.8) is 0 Å². The third-order valence-electron chi connectivity index (χ3n) is 4.74. The predicted molar refractivity (Wildman–Crippen MR) is 115 cm³/mol. The van der Waals surface area contributed by atoms with Gasteiger partial charge in [0.05, 0.1) is 11.6 Å². The van der Waals surface area contributed by atoms with E-state index in [9.17, 15) is 4.79 Å². The lowest BCUT2D eigenvalue weighted by atomic mass is 10.0. The number of halogens is 2. The number of carbonyl (C=O) groups excluding carboxylic acids is 1. The largest absolute Gasteiger partial charge is 0.487 e. The van der Waals surface area contributed by atoms with E-state index in [-0.39, 0.29) is 12.7 Å². The smallest absolute Gasteiger partial charge is 0.407 e. The molecule has 1 unspecified atom stereocenters. The normalized spacial score (nSPS) is 14.8. The van der Waals surface area contributed by atoms with E-state index in [1.165, 1.54) is 0 Å². The van der Waals surface area contributed by atoms with E-state index in [0.29, 0.717) is 23.0 Å². The van der Waals surface area contributed by atoms with Crippen LogP contribution in [0.5, 0.6) is 5.75 Å². The zero-order valence-electron chi connectivity index (χ0n) is 15.5. The van der Waals surface area contributed by atoms with Gasteiger partial charge in [-0.2, -0.15) is 0 Å². The van der Waals surface area contributed by atoms with Crippen molar-refractivity contribution in [2.75, 3.05) is 6.54 Å². The van der Waals surface area contributed by atoms with E-state index in [4.69, 9.17) is 32.7 Å². The zero-order valence-corrected chi connectivity index (χ0v) is 17.0. The Morgan fingerprint density at radius 3 is 2.66 bits per heavy atom. The van der Waals surface area contributed by atoms with Crippen LogP contribution in [0.15, 0.2) is 66.7 Å². The Morgan fingerprint density at radius 2 is 1.86 bits per heavy atom. The fourth-order valence-corrected chi connectivity index (χ4v) is 3.85. The minimum Gasteiger partial charge on any atom is -0.487 e. The molecule has 0 aliphatic carbocycles. The number of fused-ring (bicyclic) bond motifs is 1. The van der Waals surface area contributed by atoms with Crippen LogP contribution in [0.25, 0.3) is 11.1 Å². The number of rotatable bonds is 5. The fourth-order valence-electron chi connectivity index (χ4n) is 3.34. The molecule has 1 heterocycles. The number of ether oxygens (including phenoxy) is 2. The van der Waals surface area contributed by atoms with E-state index in [1.807, 2.05) is 54.6 Å². The molecule has 0 aromatic heterocycles. The molecule has 4 nitrogen and oxygen atoms in total. The second-order valence-electron chi connectivity index (χ2n) is 6.80. The van der Waals surface area contributed by atoms with Crippen LogP contribution in [0, 0.1) is 0 Å². The molecule has 1 amide bonds. The van der Waals surface area contributed by atoms with Gasteiger partial charge in [0.15, 0.2) is 0 Å². The number of benzene rings is 3. The number of carbonyl (C=O) groups is 1. The van der Waals surface area contributed by atoms with Gasteiger partial charge in [-0.1, -0.05) is 77.8 Å². The molecule has 148 valence electrons. The van der Waals surface area contributed by atoms with Crippen LogP contribution in [0.2, 0.25) is 10.0 Å². The van der Waals surface area contributed by atoms with Crippen molar-refractivity contribution in [3.05, 3.63) is 87.9 Å². The number of nitrogens with one attached hydrogen (secondary N) is 1. The molecule has 1 N–H and O–H groups in total. The van der Waals surface area contributed by atoms with Crippen molar-refractivity contribution < 1.29 is 14.3 Å². The SMILES string of the molecule is O=C(NCC1Cc2cccc(-c3ccc(Cl)cc3Cl)c2O1)OCc1ccccc1. The summed E-state index contributed by atoms with van der Waals surface area (Å²) in [7, 11) is 0. The summed E-state index contributed by atoms with van der Waals surface area (Å²) < 4.78 is 11.4. The molecule has 4 rings (SSSR count). The van der Waals surface area contributed by atoms with Gasteiger partial charge < -0.3 is 14.8 Å². The first-order chi connectivity index (χ1) is 14.1. The maximum atomic E-state index is 12.0. The lowest BCUT2D eigenvalue weighted by Gasteiger charge is -2.14. The Kier molecular flexibility index (Phi) is 5.93. The van der Waals surface area contributed by atoms with Crippen LogP contribution in [0.3, 0.4) is 0 Å². The molecule has 3 aromatic carbocycles. The quantitative estimate of drug-likeness (QED) is 0.551. The maximum absolute atomic E-state index is 12.0. The third-order valence-corrected chi connectivity index (χ3v) is 5.28. The summed E-state index contributed by atoms with van der Waals surface area (Å²) >= 11 is 12.4. The average Bonchev–Trinajstić information content (AvgIpc) is 3.15. The minimum atomic E-state index is -0.464. The lowest BCUT2D eigenvalue weighted by molar-refractivity contribution is 0.133. The molecule has 1 aliphatic heterocycles. The van der Waals surface area contributed by atoms with E-state index in [1.54, 1.807) is 12.1 Å². The summed E-state index contributed by atoms with van der Waals surface area (Å²) in [6, 6.07) is 20.9. The highest BCUT2D eigenvalue weighted by atomic mass is 35.5. The standard InChI is InChI=1S/C23H19Cl2NO3/c24-17-9-10-19(21(25)12-17)20-8-4-7-16-11-18(29-22(16)20)13-26-23(27)28-14-15-5-2-1-3-6-15/h1-10,12,18H,11,13-14H2,(H,26,27). The van der Waals surface area contributed by atoms with Crippen LogP contribution < -0.4 is 10.1 Å². The number of amides is 1. The summed E-state index contributed by atoms with van der Waals surface area (Å²) in [5.74, 6) is 0.793. The molecular weight excluding hydrogens is 409 g/mol. The number of para-hydroxylation sites is 1. The topological polar surface area (TPSA) is 47.6 Å². The van der Waals surface area contributed by atoms with E-state index >= 15 is 0 Å². The third kappa shape index (κ3) is 4.66. The highest BCUT2D eigenvalue weighted by molar-refractivity contribution is 6.36. The summed E-state index contributed by atoms with van der Waals surface area (Å²) in [6.45, 7) is 0.591. The second kappa shape index (κ2) is 8.76. The van der Waals surface area contributed by atoms with Crippen molar-refractivity contribution in [1.82, 2.24) is 5.32 Å². The highest BCUT2D eigenvalue weighted by Crippen LogP contribution is 2.41. The molecule has 0 spiro atoms. The van der Waals surface area contributed by atoms with Crippen LogP contribution in [0.1, 0.15) is 11.1 Å². The molecule has 0 radical (unpaired) electrons. The number of hydrogen-bond donors (Lipinski definition) is 1. The molecule has 1 aliphatic rings. The maximum Gasteiger partial charge on any atom is 0.407 e. The summed E-state index contributed by atoms with van der Waals surface area (Å²) in [5, 5.41) is 3.93. The van der Waals surface area contributed by atoms with Gasteiger partial charge >= 0.3 is 6.09 Å². The van der Waals surface area contributed by atoms with Crippen molar-refractivity contribution in [2.24, 2.45) is 0 Å². The monoisotopic (exact) mass is 427 g/mol. The summed E-state index contributed by atoms with van der Waals surface area (Å²) in [4.78, 5) is 12.0. The highest BCUT2D eigenvalue weighted by Gasteiger charge is 2.26. The predicted octanol–water partition coefficient (Wildman–Crippen LogP) is 5.89. The average molecular weight is 428 g/mol. The van der Waals surface area contributed by atoms with Gasteiger partial charge in [0.25, 0.3) is 0 Å². The summed E-state index contributed by atoms with van der Waals surface area (Å²) in [6.07, 6.45) is 0.0729. The molecule has 29 heavy (non-hydrogen) atoms. The molecule has 3 aromatic rings. The number of alkyl carbamates (subject to hydrolysis) is 1. The van der Waals surface area contributed by atoms with Gasteiger partial charge in [0.1, 0.15) is 18.5 Å². The molecule has 0 fully saturated rings. The second-order valence-corrected chi connectivity index (χ2v) is 7.65. The molecule has 0 saturated heterocycles. The van der Waals surface area contributed by atoms with Crippen molar-refractivity contribution >= 4 is 29.3 Å². The minimum absolute atomic E-state index is 0.165. The van der Waals surface area contributed by atoms with Crippen LogP contribution >= 0.6 is 23.2 Å². The summed E-state index contributed by atoms with van der Waals surface area (Å²) in [5.41, 5.74) is 3.80. The van der Waals surface area contributed by atoms with Crippen molar-refractivity contribution in [3.8, 4) is 16.9 Å². The van der Waals surface area contributed by atoms with Gasteiger partial charge in [0, 0.05) is 22.6 Å². The first kappa shape index (κ1) is 19.6. The Morgan fingerprint density at radius 1 is 1.03 bits per heavy atom. The number of hydrogen-bond acceptors (Lipinski definition) is 3. The Labute approximate surface area is 179 Å². The van der Waals surface area contributed by atoms with Gasteiger partial charge in [-0.3, -0.25) is 0 Å². The first-order valence-electron chi connectivity index (χ1n) is 9.28. The fraction of sp³-hybridized carbons (Fsp3) is 0.174. The molecule has 0 saturated carbocycles. The van der Waals surface area contributed by atoms with Gasteiger partial charge in [-0.05, 0) is 23.3 Å². The van der Waals surface area contributed by atoms with Crippen LogP contribution in [-0.2, 0) is 17.8 Å². The van der Waals surface area contributed by atoms with E-state index in [0.717, 1.165) is 28.0 Å². The zero-order chi connectivity index (χ0) is 20.2. The van der Waals surface area contributed by atoms with Gasteiger partial charge in [0.2, 0.25) is 0 Å². The Bertz CT molecular complexity index is 1020. The van der Waals surface area contributed by atoms with Crippen molar-refractivity contribution in [2.45, 2.75) is 19.1 Å². The Hall–Kier alpha value is -2.69. The van der Waals surface area contributed by atoms with Gasteiger partial charge in [-0.15, -0.1) is 0 Å². The Balaban J connectivity index is 1.37. The molecule has 1 atom stereocenters. The van der Waals surface area contributed by atoms with Crippen LogP contribution in [-0.4, -0.2) is 18.7 Å². The molecular formula is C23H19Cl2NO3. The first-order valence-corrected chi connectivity index (χ1v) is 10.0. The van der Waals surface area contributed by atoms with Crippen LogP contribution in [0.4, 0.5) is 4.79 Å². The van der Waals surface area contributed by atoms with E-state index < -0.39 is 6.09 Å². The van der Waals surface area contributed by atoms with Crippen molar-refractivity contribution in [1.29, 1.82) is 0 Å². The molecule has 6 heteroatoms. The molecule has 0 bridgehead atoms. The van der Waals surface area contributed by atoms with Gasteiger partial charge in [-0.25, -0.2) is 4.79 Å².